The summed E-state index contributed by atoms with van der Waals surface area (Å²) in [5, 5.41) is 10.6. The zero-order valence-corrected chi connectivity index (χ0v) is 17.8. The summed E-state index contributed by atoms with van der Waals surface area (Å²) in [4.78, 5) is 29.5. The van der Waals surface area contributed by atoms with Crippen LogP contribution in [0, 0.1) is 5.82 Å². The molecule has 1 aliphatic heterocycles. The quantitative estimate of drug-likeness (QED) is 0.579. The number of hydrogen-bond donors (Lipinski definition) is 1. The van der Waals surface area contributed by atoms with Crippen LogP contribution in [0.15, 0.2) is 64.5 Å². The molecule has 0 saturated heterocycles. The lowest BCUT2D eigenvalue weighted by molar-refractivity contribution is -0.129. The van der Waals surface area contributed by atoms with Gasteiger partial charge in [-0.15, -0.1) is 0 Å². The van der Waals surface area contributed by atoms with E-state index in [0.717, 1.165) is 19.6 Å². The Morgan fingerprint density at radius 2 is 1.94 bits per heavy atom. The number of aliphatic hydroxyl groups excluding tert-OH is 1. The highest BCUT2D eigenvalue weighted by atomic mass is 19.1. The number of amides is 1. The number of rotatable bonds is 10. The molecule has 1 unspecified atom stereocenters. The van der Waals surface area contributed by atoms with Crippen LogP contribution >= 0.6 is 0 Å². The third-order valence-corrected chi connectivity index (χ3v) is 5.46. The van der Waals surface area contributed by atoms with E-state index in [9.17, 15) is 19.1 Å². The minimum Gasteiger partial charge on any atom is -0.503 e. The number of allylic oxidation sites excluding steroid dienone is 1. The third kappa shape index (κ3) is 5.11. The lowest BCUT2D eigenvalue weighted by Crippen LogP contribution is -2.34. The van der Waals surface area contributed by atoms with Crippen molar-refractivity contribution in [3.8, 4) is 0 Å². The average molecular weight is 426 g/mol. The highest BCUT2D eigenvalue weighted by Gasteiger charge is 2.42. The second kappa shape index (κ2) is 10.2. The molecular formula is C24H27FN2O4. The molecule has 1 N–H and O–H groups in total. The summed E-state index contributed by atoms with van der Waals surface area (Å²) >= 11 is 0. The molecule has 1 atom stereocenters. The molecule has 164 valence electrons. The fourth-order valence-corrected chi connectivity index (χ4v) is 3.77. The average Bonchev–Trinajstić information content (AvgIpc) is 3.38. The van der Waals surface area contributed by atoms with Gasteiger partial charge in [0.15, 0.2) is 11.5 Å². The van der Waals surface area contributed by atoms with Crippen LogP contribution in [0.2, 0.25) is 0 Å². The fraction of sp³-hybridized carbons (Fsp3) is 0.333. The van der Waals surface area contributed by atoms with E-state index in [4.69, 9.17) is 4.42 Å². The summed E-state index contributed by atoms with van der Waals surface area (Å²) in [5.74, 6) is -1.59. The van der Waals surface area contributed by atoms with Crippen LogP contribution in [0.25, 0.3) is 6.08 Å². The number of carbonyl (C=O) groups is 2. The van der Waals surface area contributed by atoms with E-state index in [0.29, 0.717) is 24.3 Å². The summed E-state index contributed by atoms with van der Waals surface area (Å²) in [7, 11) is 0. The molecule has 6 nitrogen and oxygen atoms in total. The minimum absolute atomic E-state index is 0.0118. The maximum Gasteiger partial charge on any atom is 0.290 e. The second-order valence-electron chi connectivity index (χ2n) is 7.31. The van der Waals surface area contributed by atoms with Crippen molar-refractivity contribution in [1.29, 1.82) is 0 Å². The molecule has 1 aliphatic rings. The van der Waals surface area contributed by atoms with Gasteiger partial charge < -0.3 is 19.3 Å². The molecule has 7 heteroatoms. The van der Waals surface area contributed by atoms with Crippen molar-refractivity contribution >= 4 is 17.8 Å². The molecule has 31 heavy (non-hydrogen) atoms. The largest absolute Gasteiger partial charge is 0.503 e. The smallest absolute Gasteiger partial charge is 0.290 e. The minimum atomic E-state index is -0.779. The van der Waals surface area contributed by atoms with E-state index in [1.54, 1.807) is 12.1 Å². The van der Waals surface area contributed by atoms with E-state index >= 15 is 0 Å². The van der Waals surface area contributed by atoms with E-state index < -0.39 is 29.3 Å². The number of carbonyl (C=O) groups excluding carboxylic acids is 2. The van der Waals surface area contributed by atoms with Crippen LogP contribution in [0.4, 0.5) is 4.39 Å². The maximum absolute atomic E-state index is 13.5. The maximum atomic E-state index is 13.5. The number of hydrogen-bond acceptors (Lipinski definition) is 5. The van der Waals surface area contributed by atoms with Crippen LogP contribution in [-0.2, 0) is 9.59 Å². The molecule has 2 heterocycles. The number of benzene rings is 1. The van der Waals surface area contributed by atoms with Crippen LogP contribution in [0.3, 0.4) is 0 Å². The molecule has 3 rings (SSSR count). The molecule has 1 amide bonds. The zero-order chi connectivity index (χ0) is 22.4. The normalized spacial score (nSPS) is 16.8. The molecule has 0 radical (unpaired) electrons. The molecule has 0 aliphatic carbocycles. The summed E-state index contributed by atoms with van der Waals surface area (Å²) in [5.41, 5.74) is 0.554. The molecule has 0 fully saturated rings. The molecule has 1 aromatic heterocycles. The Morgan fingerprint density at radius 1 is 1.23 bits per heavy atom. The van der Waals surface area contributed by atoms with Gasteiger partial charge in [0.05, 0.1) is 17.9 Å². The highest BCUT2D eigenvalue weighted by Crippen LogP contribution is 2.38. The first kappa shape index (κ1) is 22.5. The lowest BCUT2D eigenvalue weighted by atomic mass is 9.95. The Kier molecular flexibility index (Phi) is 7.41. The SMILES string of the molecule is CCN(CC)CCCN1C(=O)C(O)=C(C(=O)/C=C/c2ccco2)C1c1ccc(F)cc1. The fourth-order valence-electron chi connectivity index (χ4n) is 3.77. The molecule has 2 aromatic rings. The van der Waals surface area contributed by atoms with Gasteiger partial charge in [0.25, 0.3) is 5.91 Å². The molecule has 0 saturated carbocycles. The molecule has 1 aromatic carbocycles. The number of aliphatic hydroxyl groups is 1. The van der Waals surface area contributed by atoms with Gasteiger partial charge in [0.2, 0.25) is 0 Å². The van der Waals surface area contributed by atoms with Crippen LogP contribution < -0.4 is 0 Å². The van der Waals surface area contributed by atoms with Gasteiger partial charge in [-0.3, -0.25) is 9.59 Å². The summed E-state index contributed by atoms with van der Waals surface area (Å²) in [6.45, 7) is 7.09. The standard InChI is InChI=1S/C24H27FN2O4/c1-3-26(4-2)14-6-15-27-22(17-8-10-18(25)11-9-17)21(23(29)24(27)30)20(28)13-12-19-7-5-16-31-19/h5,7-13,16,22,29H,3-4,6,14-15H2,1-2H3/b13-12+. The lowest BCUT2D eigenvalue weighted by Gasteiger charge is -2.28. The van der Waals surface area contributed by atoms with E-state index in [2.05, 4.69) is 18.7 Å². The van der Waals surface area contributed by atoms with Crippen molar-refractivity contribution < 1.29 is 23.5 Å². The van der Waals surface area contributed by atoms with Gasteiger partial charge in [0, 0.05) is 6.54 Å². The van der Waals surface area contributed by atoms with Crippen LogP contribution in [0.5, 0.6) is 0 Å². The van der Waals surface area contributed by atoms with Gasteiger partial charge in [-0.1, -0.05) is 26.0 Å². The van der Waals surface area contributed by atoms with Gasteiger partial charge >= 0.3 is 0 Å². The highest BCUT2D eigenvalue weighted by molar-refractivity contribution is 6.14. The number of ketones is 1. The van der Waals surface area contributed by atoms with E-state index in [1.807, 2.05) is 0 Å². The van der Waals surface area contributed by atoms with Crippen molar-refractivity contribution in [2.24, 2.45) is 0 Å². The molecule has 0 bridgehead atoms. The van der Waals surface area contributed by atoms with Crippen LogP contribution in [0.1, 0.15) is 37.6 Å². The first-order chi connectivity index (χ1) is 15.0. The molecular weight excluding hydrogens is 399 g/mol. The Bertz CT molecular complexity index is 960. The number of furan rings is 1. The van der Waals surface area contributed by atoms with Crippen LogP contribution in [-0.4, -0.2) is 52.8 Å². The first-order valence-corrected chi connectivity index (χ1v) is 10.4. The second-order valence-corrected chi connectivity index (χ2v) is 7.31. The summed E-state index contributed by atoms with van der Waals surface area (Å²) in [6, 6.07) is 8.24. The van der Waals surface area contributed by atoms with Crippen molar-refractivity contribution in [2.75, 3.05) is 26.2 Å². The van der Waals surface area contributed by atoms with Crippen molar-refractivity contribution in [1.82, 2.24) is 9.80 Å². The Balaban J connectivity index is 1.88. The van der Waals surface area contributed by atoms with E-state index in [-0.39, 0.29) is 5.57 Å². The summed E-state index contributed by atoms with van der Waals surface area (Å²) in [6.07, 6.45) is 4.92. The Hall–Kier alpha value is -3.19. The van der Waals surface area contributed by atoms with Gasteiger partial charge in [-0.2, -0.15) is 0 Å². The van der Waals surface area contributed by atoms with E-state index in [1.165, 1.54) is 47.6 Å². The van der Waals surface area contributed by atoms with Crippen molar-refractivity contribution in [2.45, 2.75) is 26.3 Å². The Labute approximate surface area is 181 Å². The van der Waals surface area contributed by atoms with Crippen molar-refractivity contribution in [3.05, 3.63) is 77.2 Å². The van der Waals surface area contributed by atoms with Gasteiger partial charge in [-0.05, 0) is 68.0 Å². The van der Waals surface area contributed by atoms with Crippen molar-refractivity contribution in [3.63, 3.8) is 0 Å². The summed E-state index contributed by atoms with van der Waals surface area (Å²) < 4.78 is 18.7. The zero-order valence-electron chi connectivity index (χ0n) is 17.8. The van der Waals surface area contributed by atoms with Gasteiger partial charge in [-0.25, -0.2) is 4.39 Å². The van der Waals surface area contributed by atoms with Gasteiger partial charge in [0.1, 0.15) is 11.6 Å². The third-order valence-electron chi connectivity index (χ3n) is 5.46. The number of nitrogens with zero attached hydrogens (tertiary/aromatic N) is 2. The predicted octanol–water partition coefficient (Wildman–Crippen LogP) is 4.13. The predicted molar refractivity (Wildman–Crippen MR) is 116 cm³/mol. The molecule has 0 spiro atoms. The Morgan fingerprint density at radius 3 is 2.55 bits per heavy atom. The topological polar surface area (TPSA) is 74.0 Å². The number of halogens is 1. The monoisotopic (exact) mass is 426 g/mol. The first-order valence-electron chi connectivity index (χ1n) is 10.4.